The van der Waals surface area contributed by atoms with Gasteiger partial charge >= 0.3 is 23.9 Å². The fourth-order valence-electron chi connectivity index (χ4n) is 3.03. The number of H-pyrrole nitrogens is 1. The number of fused-ring (bicyclic) bond motifs is 1. The Hall–Kier alpha value is -5.69. The van der Waals surface area contributed by atoms with Crippen molar-refractivity contribution in [1.82, 2.24) is 25.3 Å². The van der Waals surface area contributed by atoms with Crippen molar-refractivity contribution in [2.24, 2.45) is 0 Å². The molecule has 42 heavy (non-hydrogen) atoms. The second-order valence-electron chi connectivity index (χ2n) is 8.28. The molecule has 0 saturated heterocycles. The number of carbonyl (C=O) groups is 5. The van der Waals surface area contributed by atoms with E-state index in [1.807, 2.05) is 0 Å². The Kier molecular flexibility index (Phi) is 11.3. The molecule has 11 N–H and O–H groups in total. The molecule has 1 amide bonds. The number of nitrogens with two attached hydrogens (primary N) is 1. The van der Waals surface area contributed by atoms with E-state index in [2.05, 4.69) is 30.6 Å². The van der Waals surface area contributed by atoms with Crippen LogP contribution in [0.1, 0.15) is 28.9 Å². The molecule has 0 aliphatic carbocycles. The first-order chi connectivity index (χ1) is 19.7. The van der Waals surface area contributed by atoms with E-state index in [0.717, 1.165) is 0 Å². The summed E-state index contributed by atoms with van der Waals surface area (Å²) >= 11 is 0. The van der Waals surface area contributed by atoms with Crippen LogP contribution in [0.5, 0.6) is 0 Å². The quantitative estimate of drug-likeness (QED) is 0.107. The van der Waals surface area contributed by atoms with Gasteiger partial charge in [-0.1, -0.05) is 0 Å². The Morgan fingerprint density at radius 1 is 0.905 bits per heavy atom. The predicted octanol–water partition coefficient (Wildman–Crippen LogP) is -2.17. The summed E-state index contributed by atoms with van der Waals surface area (Å²) in [4.78, 5) is 80.1. The van der Waals surface area contributed by atoms with Crippen molar-refractivity contribution < 1.29 is 54.6 Å². The molecule has 2 aromatic heterocycles. The molecule has 19 nitrogen and oxygen atoms in total. The predicted molar refractivity (Wildman–Crippen MR) is 139 cm³/mol. The number of benzene rings is 1. The summed E-state index contributed by atoms with van der Waals surface area (Å²) < 4.78 is 0. The number of aliphatic hydroxyl groups excluding tert-OH is 2. The number of nitrogens with zero attached hydrogens (tertiary/aromatic N) is 3. The maximum absolute atomic E-state index is 12.3. The van der Waals surface area contributed by atoms with E-state index >= 15 is 0 Å². The van der Waals surface area contributed by atoms with Gasteiger partial charge in [-0.2, -0.15) is 4.98 Å². The zero-order valence-electron chi connectivity index (χ0n) is 21.3. The van der Waals surface area contributed by atoms with Crippen LogP contribution < -0.4 is 21.9 Å². The summed E-state index contributed by atoms with van der Waals surface area (Å²) in [6.07, 6.45) is -3.69. The molecule has 2 unspecified atom stereocenters. The van der Waals surface area contributed by atoms with Crippen LogP contribution in [-0.4, -0.2) is 98.6 Å². The minimum atomic E-state index is -2.27. The summed E-state index contributed by atoms with van der Waals surface area (Å²) in [5.41, 5.74) is 6.47. The summed E-state index contributed by atoms with van der Waals surface area (Å²) in [6, 6.07) is 4.86. The molecule has 0 radical (unpaired) electrons. The Morgan fingerprint density at radius 2 is 1.50 bits per heavy atom. The van der Waals surface area contributed by atoms with Crippen molar-refractivity contribution in [3.63, 3.8) is 0 Å². The first-order valence-electron chi connectivity index (χ1n) is 11.6. The average molecular weight is 591 g/mol. The van der Waals surface area contributed by atoms with E-state index in [-0.39, 0.29) is 42.1 Å². The van der Waals surface area contributed by atoms with Crippen LogP contribution in [0.3, 0.4) is 0 Å². The molecule has 1 aromatic carbocycles. The number of hydrogen-bond donors (Lipinski definition) is 10. The molecule has 2 heterocycles. The van der Waals surface area contributed by atoms with E-state index in [1.165, 1.54) is 18.3 Å². The third kappa shape index (κ3) is 9.50. The Morgan fingerprint density at radius 3 is 2.02 bits per heavy atom. The van der Waals surface area contributed by atoms with Crippen LogP contribution in [0.2, 0.25) is 0 Å². The number of anilines is 2. The molecule has 0 bridgehead atoms. The standard InChI is InChI=1S/C19H19N7O6.C4H6O6/c20-19-25-15-14(17(30)26-19)23-11(8-22-15)7-21-10-3-1-9(2-4-10)16(29)24-12(18(31)32)5-6-13(27)28;5-1(3(7)8)2(6)4(9)10/h1-4,8,12,21H,5-7H2,(H,24,29)(H,27,28)(H,31,32)(H3,20,22,25,26,30);1-2,5-6H,(H,7,8)(H,9,10)/t12-;/m0./s1. The van der Waals surface area contributed by atoms with E-state index in [4.69, 9.17) is 36.4 Å². The molecule has 0 aliphatic heterocycles. The van der Waals surface area contributed by atoms with Crippen LogP contribution in [0.15, 0.2) is 35.3 Å². The highest BCUT2D eigenvalue weighted by Crippen LogP contribution is 2.12. The maximum atomic E-state index is 12.3. The van der Waals surface area contributed by atoms with Gasteiger partial charge in [-0.25, -0.2) is 24.4 Å². The van der Waals surface area contributed by atoms with Gasteiger partial charge in [0.05, 0.1) is 18.4 Å². The number of nitrogen functional groups attached to an aromatic ring is 1. The number of aliphatic carboxylic acids is 4. The van der Waals surface area contributed by atoms with Crippen LogP contribution in [0, 0.1) is 0 Å². The van der Waals surface area contributed by atoms with Crippen molar-refractivity contribution in [2.75, 3.05) is 11.1 Å². The fraction of sp³-hybridized carbons (Fsp3) is 0.261. The van der Waals surface area contributed by atoms with Crippen molar-refractivity contribution in [1.29, 1.82) is 0 Å². The van der Waals surface area contributed by atoms with Crippen molar-refractivity contribution >= 4 is 52.6 Å². The first-order valence-corrected chi connectivity index (χ1v) is 11.6. The number of amides is 1. The SMILES string of the molecule is Nc1nc2ncc(CNc3ccc(C(=O)N[C@@H](CCC(=O)O)C(=O)O)cc3)nc2c(=O)[nH]1.O=C(O)C(O)C(O)C(=O)O. The lowest BCUT2D eigenvalue weighted by Gasteiger charge is -2.14. The highest BCUT2D eigenvalue weighted by Gasteiger charge is 2.29. The van der Waals surface area contributed by atoms with Crippen LogP contribution in [0.4, 0.5) is 11.6 Å². The van der Waals surface area contributed by atoms with Gasteiger partial charge in [0.1, 0.15) is 6.04 Å². The lowest BCUT2D eigenvalue weighted by molar-refractivity contribution is -0.165. The Balaban J connectivity index is 0.000000528. The van der Waals surface area contributed by atoms with Crippen molar-refractivity contribution in [3.8, 4) is 0 Å². The minimum absolute atomic E-state index is 0.0524. The van der Waals surface area contributed by atoms with Crippen molar-refractivity contribution in [2.45, 2.75) is 37.6 Å². The molecule has 0 spiro atoms. The number of nitrogens with one attached hydrogen (secondary N) is 3. The van der Waals surface area contributed by atoms with Gasteiger partial charge in [0, 0.05) is 17.7 Å². The summed E-state index contributed by atoms with van der Waals surface area (Å²) in [5, 5.41) is 55.7. The lowest BCUT2D eigenvalue weighted by Crippen LogP contribution is -2.41. The molecule has 3 atom stereocenters. The number of carboxylic acid groups (broad SMARTS) is 4. The van der Waals surface area contributed by atoms with Gasteiger partial charge in [-0.3, -0.25) is 19.4 Å². The fourth-order valence-corrected chi connectivity index (χ4v) is 3.03. The van der Waals surface area contributed by atoms with Gasteiger partial charge in [0.2, 0.25) is 5.95 Å². The van der Waals surface area contributed by atoms with E-state index < -0.39 is 53.6 Å². The molecule has 0 aliphatic rings. The molecule has 3 rings (SSSR count). The van der Waals surface area contributed by atoms with Crippen LogP contribution >= 0.6 is 0 Å². The molecule has 224 valence electrons. The van der Waals surface area contributed by atoms with Gasteiger partial charge in [0.25, 0.3) is 11.5 Å². The Labute approximate surface area is 233 Å². The third-order valence-electron chi connectivity index (χ3n) is 5.16. The zero-order valence-corrected chi connectivity index (χ0v) is 21.3. The number of hydrogen-bond acceptors (Lipinski definition) is 13. The molecule has 3 aromatic rings. The summed E-state index contributed by atoms with van der Waals surface area (Å²) in [6.45, 7) is 0.231. The number of carbonyl (C=O) groups excluding carboxylic acids is 1. The Bertz CT molecular complexity index is 1510. The average Bonchev–Trinajstić information content (AvgIpc) is 2.93. The van der Waals surface area contributed by atoms with E-state index in [1.54, 1.807) is 12.1 Å². The number of carboxylic acids is 4. The highest BCUT2D eigenvalue weighted by atomic mass is 16.4. The lowest BCUT2D eigenvalue weighted by atomic mass is 10.1. The van der Waals surface area contributed by atoms with Crippen molar-refractivity contribution in [3.05, 3.63) is 52.1 Å². The number of aliphatic hydroxyl groups is 2. The molecule has 19 heteroatoms. The summed E-state index contributed by atoms with van der Waals surface area (Å²) in [5.74, 6) is -6.69. The van der Waals surface area contributed by atoms with Gasteiger partial charge < -0.3 is 47.0 Å². The second-order valence-corrected chi connectivity index (χ2v) is 8.28. The molecule has 0 saturated carbocycles. The highest BCUT2D eigenvalue weighted by molar-refractivity contribution is 5.97. The zero-order chi connectivity index (χ0) is 31.6. The van der Waals surface area contributed by atoms with Gasteiger partial charge in [-0.05, 0) is 30.7 Å². The van der Waals surface area contributed by atoms with Crippen LogP contribution in [0.25, 0.3) is 11.2 Å². The molecular formula is C23H25N7O12. The molecule has 0 fully saturated rings. The molecular weight excluding hydrogens is 566 g/mol. The first kappa shape index (κ1) is 32.5. The van der Waals surface area contributed by atoms with Gasteiger partial charge in [0.15, 0.2) is 23.4 Å². The maximum Gasteiger partial charge on any atom is 0.335 e. The van der Waals surface area contributed by atoms with Gasteiger partial charge in [-0.15, -0.1) is 0 Å². The van der Waals surface area contributed by atoms with E-state index in [0.29, 0.717) is 11.4 Å². The number of aromatic nitrogens is 4. The number of rotatable bonds is 12. The normalized spacial score (nSPS) is 12.6. The summed E-state index contributed by atoms with van der Waals surface area (Å²) in [7, 11) is 0. The van der Waals surface area contributed by atoms with E-state index in [9.17, 15) is 28.8 Å². The topological polar surface area (TPSA) is 328 Å². The second kappa shape index (κ2) is 14.6. The van der Waals surface area contributed by atoms with Crippen LogP contribution in [-0.2, 0) is 25.7 Å². The number of aromatic amines is 1. The monoisotopic (exact) mass is 591 g/mol. The largest absolute Gasteiger partial charge is 0.481 e. The third-order valence-corrected chi connectivity index (χ3v) is 5.16. The smallest absolute Gasteiger partial charge is 0.335 e. The minimum Gasteiger partial charge on any atom is -0.481 e.